The summed E-state index contributed by atoms with van der Waals surface area (Å²) < 4.78 is 31.2. The highest BCUT2D eigenvalue weighted by Gasteiger charge is 2.56. The Morgan fingerprint density at radius 2 is 1.71 bits per heavy atom. The number of anilines is 1. The number of unbranched alkanes of at least 4 members (excludes halogenated alkanes) is 1. The SMILES string of the molecule is CCCCC(NC(=O)C1(C(=O)Nc2ccc(F)cc2)CC1)c1ccc(Oc2ccnc3cc(OC)c(OCCCC(C)(C)O)cc23)cc1. The van der Waals surface area contributed by atoms with Crippen LogP contribution < -0.4 is 24.8 Å². The molecule has 254 valence electrons. The van der Waals surface area contributed by atoms with Crippen LogP contribution in [0.3, 0.4) is 0 Å². The summed E-state index contributed by atoms with van der Waals surface area (Å²) in [6.45, 7) is 6.06. The van der Waals surface area contributed by atoms with Gasteiger partial charge in [0, 0.05) is 23.3 Å². The average Bonchev–Trinajstić information content (AvgIpc) is 3.88. The average molecular weight is 658 g/mol. The van der Waals surface area contributed by atoms with Gasteiger partial charge in [-0.25, -0.2) is 4.39 Å². The Hall–Kier alpha value is -4.70. The van der Waals surface area contributed by atoms with E-state index in [2.05, 4.69) is 22.5 Å². The van der Waals surface area contributed by atoms with Gasteiger partial charge in [0.15, 0.2) is 11.5 Å². The molecule has 1 saturated carbocycles. The number of carbonyl (C=O) groups excluding carboxylic acids is 2. The van der Waals surface area contributed by atoms with Gasteiger partial charge in [0.05, 0.1) is 30.9 Å². The lowest BCUT2D eigenvalue weighted by molar-refractivity contribution is -0.135. The van der Waals surface area contributed by atoms with E-state index in [1.165, 1.54) is 24.3 Å². The molecule has 0 saturated heterocycles. The molecule has 1 atom stereocenters. The lowest BCUT2D eigenvalue weighted by Crippen LogP contribution is -2.41. The number of rotatable bonds is 16. The van der Waals surface area contributed by atoms with E-state index in [0.29, 0.717) is 72.9 Å². The summed E-state index contributed by atoms with van der Waals surface area (Å²) in [4.78, 5) is 31.1. The molecule has 4 aromatic rings. The number of hydrogen-bond donors (Lipinski definition) is 3. The first-order chi connectivity index (χ1) is 23.0. The third-order valence-corrected chi connectivity index (χ3v) is 8.56. The van der Waals surface area contributed by atoms with Crippen LogP contribution in [0.1, 0.15) is 77.3 Å². The van der Waals surface area contributed by atoms with Crippen LogP contribution in [0.15, 0.2) is 72.9 Å². The second-order valence-corrected chi connectivity index (χ2v) is 13.0. The Morgan fingerprint density at radius 3 is 2.35 bits per heavy atom. The molecule has 48 heavy (non-hydrogen) atoms. The van der Waals surface area contributed by atoms with Gasteiger partial charge in [-0.1, -0.05) is 31.9 Å². The highest BCUT2D eigenvalue weighted by molar-refractivity contribution is 6.13. The van der Waals surface area contributed by atoms with Crippen molar-refractivity contribution >= 4 is 28.4 Å². The molecule has 2 amide bonds. The molecule has 10 heteroatoms. The number of benzene rings is 3. The maximum Gasteiger partial charge on any atom is 0.240 e. The molecule has 1 aliphatic carbocycles. The number of pyridine rings is 1. The summed E-state index contributed by atoms with van der Waals surface area (Å²) in [5.74, 6) is 1.23. The van der Waals surface area contributed by atoms with E-state index < -0.39 is 16.8 Å². The van der Waals surface area contributed by atoms with Crippen molar-refractivity contribution in [2.45, 2.75) is 77.4 Å². The fourth-order valence-electron chi connectivity index (χ4n) is 5.56. The van der Waals surface area contributed by atoms with Crippen LogP contribution in [0.25, 0.3) is 10.9 Å². The second kappa shape index (κ2) is 15.0. The summed E-state index contributed by atoms with van der Waals surface area (Å²) in [5, 5.41) is 16.7. The molecule has 3 aromatic carbocycles. The summed E-state index contributed by atoms with van der Waals surface area (Å²) in [7, 11) is 1.58. The first kappa shape index (κ1) is 34.6. The molecule has 3 N–H and O–H groups in total. The number of aromatic nitrogens is 1. The van der Waals surface area contributed by atoms with E-state index in [4.69, 9.17) is 14.2 Å². The Bertz CT molecular complexity index is 1720. The van der Waals surface area contributed by atoms with Gasteiger partial charge in [-0.15, -0.1) is 0 Å². The molecule has 0 radical (unpaired) electrons. The third-order valence-electron chi connectivity index (χ3n) is 8.56. The number of carbonyl (C=O) groups is 2. The van der Waals surface area contributed by atoms with Crippen LogP contribution in [0, 0.1) is 11.2 Å². The standard InChI is InChI=1S/C38H44FN3O6/c1-5-6-8-30(42-36(44)38(19-20-38)35(43)41-27-13-11-26(39)12-14-27)25-9-15-28(16-10-25)48-32-17-21-40-31-24-33(46-4)34(23-29(31)32)47-22-7-18-37(2,3)45/h9-17,21,23-24,30,45H,5-8,18-20,22H2,1-4H3,(H,41,43)(H,42,44). The molecule has 0 bridgehead atoms. The summed E-state index contributed by atoms with van der Waals surface area (Å²) in [6.07, 6.45) is 6.43. The molecule has 1 unspecified atom stereocenters. The van der Waals surface area contributed by atoms with Gasteiger partial charge >= 0.3 is 0 Å². The minimum absolute atomic E-state index is 0.284. The van der Waals surface area contributed by atoms with Crippen molar-refractivity contribution in [2.24, 2.45) is 5.41 Å². The van der Waals surface area contributed by atoms with Crippen molar-refractivity contribution in [3.63, 3.8) is 0 Å². The maximum atomic E-state index is 13.5. The fraction of sp³-hybridized carbons (Fsp3) is 0.395. The van der Waals surface area contributed by atoms with Crippen molar-refractivity contribution < 1.29 is 33.3 Å². The minimum Gasteiger partial charge on any atom is -0.493 e. The molecule has 0 spiro atoms. The van der Waals surface area contributed by atoms with Gasteiger partial charge in [-0.05, 0) is 100 Å². The monoisotopic (exact) mass is 657 g/mol. The Labute approximate surface area is 280 Å². The normalized spacial score (nSPS) is 14.2. The molecular weight excluding hydrogens is 613 g/mol. The number of halogens is 1. The number of nitrogens with one attached hydrogen (secondary N) is 2. The second-order valence-electron chi connectivity index (χ2n) is 13.0. The number of aliphatic hydroxyl groups is 1. The first-order valence-corrected chi connectivity index (χ1v) is 16.5. The highest BCUT2D eigenvalue weighted by atomic mass is 19.1. The smallest absolute Gasteiger partial charge is 0.240 e. The Kier molecular flexibility index (Phi) is 10.8. The number of amides is 2. The number of hydrogen-bond acceptors (Lipinski definition) is 7. The first-order valence-electron chi connectivity index (χ1n) is 16.5. The minimum atomic E-state index is -1.13. The Morgan fingerprint density at radius 1 is 0.979 bits per heavy atom. The quantitative estimate of drug-likeness (QED) is 0.0829. The summed E-state index contributed by atoms with van der Waals surface area (Å²) in [5.41, 5.74) is 0.145. The van der Waals surface area contributed by atoms with E-state index >= 15 is 0 Å². The van der Waals surface area contributed by atoms with Gasteiger partial charge in [0.1, 0.15) is 22.7 Å². The predicted molar refractivity (Wildman–Crippen MR) is 183 cm³/mol. The fourth-order valence-corrected chi connectivity index (χ4v) is 5.56. The van der Waals surface area contributed by atoms with Crippen molar-refractivity contribution in [1.82, 2.24) is 10.3 Å². The van der Waals surface area contributed by atoms with Gasteiger partial charge in [-0.2, -0.15) is 0 Å². The van der Waals surface area contributed by atoms with E-state index in [9.17, 15) is 19.1 Å². The zero-order valence-corrected chi connectivity index (χ0v) is 28.0. The molecule has 1 heterocycles. The highest BCUT2D eigenvalue weighted by Crippen LogP contribution is 2.47. The van der Waals surface area contributed by atoms with Crippen LogP contribution in [0.2, 0.25) is 0 Å². The van der Waals surface area contributed by atoms with Gasteiger partial charge in [-0.3, -0.25) is 14.6 Å². The Balaban J connectivity index is 1.29. The number of ether oxygens (including phenoxy) is 3. The number of nitrogens with zero attached hydrogens (tertiary/aromatic N) is 1. The van der Waals surface area contributed by atoms with Gasteiger partial charge < -0.3 is 30.0 Å². The molecule has 1 aliphatic rings. The lowest BCUT2D eigenvalue weighted by Gasteiger charge is -2.23. The van der Waals surface area contributed by atoms with Crippen molar-refractivity contribution in [1.29, 1.82) is 0 Å². The summed E-state index contributed by atoms with van der Waals surface area (Å²) in [6, 6.07) is 18.2. The molecular formula is C38H44FN3O6. The van der Waals surface area contributed by atoms with Crippen LogP contribution in [-0.2, 0) is 9.59 Å². The van der Waals surface area contributed by atoms with E-state index in [1.807, 2.05) is 36.4 Å². The predicted octanol–water partition coefficient (Wildman–Crippen LogP) is 7.87. The third kappa shape index (κ3) is 8.60. The van der Waals surface area contributed by atoms with Crippen LogP contribution >= 0.6 is 0 Å². The molecule has 5 rings (SSSR count). The topological polar surface area (TPSA) is 119 Å². The van der Waals surface area contributed by atoms with Crippen molar-refractivity contribution in [3.05, 3.63) is 84.3 Å². The van der Waals surface area contributed by atoms with Crippen LogP contribution in [0.4, 0.5) is 10.1 Å². The molecule has 9 nitrogen and oxygen atoms in total. The van der Waals surface area contributed by atoms with Crippen molar-refractivity contribution in [2.75, 3.05) is 19.0 Å². The maximum absolute atomic E-state index is 13.5. The van der Waals surface area contributed by atoms with Gasteiger partial charge in [0.25, 0.3) is 0 Å². The van der Waals surface area contributed by atoms with Crippen LogP contribution in [0.5, 0.6) is 23.0 Å². The zero-order valence-electron chi connectivity index (χ0n) is 28.0. The zero-order chi connectivity index (χ0) is 34.3. The van der Waals surface area contributed by atoms with E-state index in [-0.39, 0.29) is 17.9 Å². The molecule has 1 fully saturated rings. The van der Waals surface area contributed by atoms with E-state index in [1.54, 1.807) is 33.2 Å². The van der Waals surface area contributed by atoms with Crippen molar-refractivity contribution in [3.8, 4) is 23.0 Å². The molecule has 1 aromatic heterocycles. The number of methoxy groups -OCH3 is 1. The van der Waals surface area contributed by atoms with Gasteiger partial charge in [0.2, 0.25) is 11.8 Å². The molecule has 0 aliphatic heterocycles. The van der Waals surface area contributed by atoms with E-state index in [0.717, 1.165) is 23.8 Å². The lowest BCUT2D eigenvalue weighted by atomic mass is 9.98. The number of fused-ring (bicyclic) bond motifs is 1. The summed E-state index contributed by atoms with van der Waals surface area (Å²) >= 11 is 0. The largest absolute Gasteiger partial charge is 0.493 e. The van der Waals surface area contributed by atoms with Crippen LogP contribution in [-0.4, -0.2) is 41.2 Å².